The van der Waals surface area contributed by atoms with E-state index in [1.165, 1.54) is 11.8 Å². The van der Waals surface area contributed by atoms with Gasteiger partial charge in [-0.25, -0.2) is 22.8 Å². The SMILES string of the molecule is [2H]C([2H])([2H])O[C@@H]1CCN(c2nccc(Nc3cc4c(C(C)C)ccc(N5CC(CS(C)(=O)=O)C5)c4cn3)n2)C[C@@H]1F. The predicted molar refractivity (Wildman–Crippen MR) is 149 cm³/mol. The molecule has 4 heterocycles. The second-order valence-corrected chi connectivity index (χ2v) is 12.8. The van der Waals surface area contributed by atoms with Crippen LogP contribution < -0.4 is 15.1 Å². The molecule has 38 heavy (non-hydrogen) atoms. The van der Waals surface area contributed by atoms with Crippen LogP contribution in [-0.2, 0) is 14.6 Å². The van der Waals surface area contributed by atoms with E-state index in [2.05, 4.69) is 51.1 Å². The number of ether oxygens (including phenoxy) is 1. The molecule has 204 valence electrons. The van der Waals surface area contributed by atoms with Crippen LogP contribution in [0.15, 0.2) is 36.7 Å². The van der Waals surface area contributed by atoms with Gasteiger partial charge < -0.3 is 19.9 Å². The van der Waals surface area contributed by atoms with Gasteiger partial charge in [0.25, 0.3) is 0 Å². The molecule has 1 N–H and O–H groups in total. The molecule has 3 aromatic rings. The number of hydrogen-bond acceptors (Lipinski definition) is 9. The number of methoxy groups -OCH3 is 1. The molecule has 2 aliphatic rings. The van der Waals surface area contributed by atoms with E-state index in [-0.39, 0.29) is 30.6 Å². The first-order valence-corrected chi connectivity index (χ1v) is 14.8. The van der Waals surface area contributed by atoms with Crippen molar-refractivity contribution >= 4 is 43.9 Å². The first-order chi connectivity index (χ1) is 19.3. The molecule has 0 unspecified atom stereocenters. The number of pyridine rings is 1. The number of nitrogens with one attached hydrogen (secondary N) is 1. The van der Waals surface area contributed by atoms with Crippen molar-refractivity contribution in [2.75, 3.05) is 60.3 Å². The summed E-state index contributed by atoms with van der Waals surface area (Å²) in [5.74, 6) is 2.00. The number of sulfone groups is 1. The summed E-state index contributed by atoms with van der Waals surface area (Å²) in [6, 6.07) is 7.89. The molecule has 2 atom stereocenters. The lowest BCUT2D eigenvalue weighted by Gasteiger charge is -2.41. The van der Waals surface area contributed by atoms with Crippen LogP contribution in [0.1, 0.15) is 35.9 Å². The Morgan fingerprint density at radius 3 is 2.68 bits per heavy atom. The number of rotatable bonds is 8. The van der Waals surface area contributed by atoms with Crippen LogP contribution in [0.2, 0.25) is 0 Å². The highest BCUT2D eigenvalue weighted by Crippen LogP contribution is 2.37. The molecular formula is C27H35FN6O3S. The Morgan fingerprint density at radius 2 is 1.97 bits per heavy atom. The molecule has 2 aromatic heterocycles. The monoisotopic (exact) mass is 545 g/mol. The lowest BCUT2D eigenvalue weighted by Crippen LogP contribution is -2.49. The lowest BCUT2D eigenvalue weighted by molar-refractivity contribution is 0.0194. The molecule has 9 nitrogen and oxygen atoms in total. The van der Waals surface area contributed by atoms with Gasteiger partial charge in [0.2, 0.25) is 5.95 Å². The van der Waals surface area contributed by atoms with Gasteiger partial charge >= 0.3 is 0 Å². The number of piperidine rings is 1. The summed E-state index contributed by atoms with van der Waals surface area (Å²) >= 11 is 0. The molecule has 5 rings (SSSR count). The van der Waals surface area contributed by atoms with Gasteiger partial charge in [-0.15, -0.1) is 0 Å². The minimum Gasteiger partial charge on any atom is -0.378 e. The summed E-state index contributed by atoms with van der Waals surface area (Å²) in [4.78, 5) is 17.4. The van der Waals surface area contributed by atoms with E-state index in [0.29, 0.717) is 37.2 Å². The van der Waals surface area contributed by atoms with Crippen molar-refractivity contribution in [2.45, 2.75) is 38.5 Å². The minimum absolute atomic E-state index is 0.0690. The third-order valence-electron chi connectivity index (χ3n) is 7.18. The topological polar surface area (TPSA) is 101 Å². The van der Waals surface area contributed by atoms with E-state index in [0.717, 1.165) is 16.5 Å². The highest BCUT2D eigenvalue weighted by atomic mass is 32.2. The van der Waals surface area contributed by atoms with Crippen LogP contribution >= 0.6 is 0 Å². The maximum absolute atomic E-state index is 14.7. The molecule has 2 aliphatic heterocycles. The molecule has 2 saturated heterocycles. The fourth-order valence-electron chi connectivity index (χ4n) is 5.29. The van der Waals surface area contributed by atoms with Crippen molar-refractivity contribution in [2.24, 2.45) is 5.92 Å². The number of hydrogen-bond donors (Lipinski definition) is 1. The van der Waals surface area contributed by atoms with Crippen LogP contribution in [0.5, 0.6) is 0 Å². The van der Waals surface area contributed by atoms with Gasteiger partial charge in [0.05, 0.1) is 22.5 Å². The number of benzene rings is 1. The van der Waals surface area contributed by atoms with E-state index in [4.69, 9.17) is 8.85 Å². The largest absolute Gasteiger partial charge is 0.378 e. The molecule has 0 saturated carbocycles. The number of anilines is 4. The zero-order valence-electron chi connectivity index (χ0n) is 24.8. The highest BCUT2D eigenvalue weighted by Gasteiger charge is 2.32. The predicted octanol–water partition coefficient (Wildman–Crippen LogP) is 3.94. The Balaban J connectivity index is 1.33. The van der Waals surface area contributed by atoms with Gasteiger partial charge in [-0.2, -0.15) is 4.98 Å². The molecule has 0 amide bonds. The van der Waals surface area contributed by atoms with Crippen molar-refractivity contribution < 1.29 is 21.7 Å². The highest BCUT2D eigenvalue weighted by molar-refractivity contribution is 7.90. The van der Waals surface area contributed by atoms with E-state index in [1.54, 1.807) is 17.2 Å². The van der Waals surface area contributed by atoms with Crippen molar-refractivity contribution in [3.8, 4) is 0 Å². The van der Waals surface area contributed by atoms with E-state index < -0.39 is 29.2 Å². The van der Waals surface area contributed by atoms with Crippen molar-refractivity contribution in [3.05, 3.63) is 42.2 Å². The number of halogens is 1. The molecule has 2 fully saturated rings. The van der Waals surface area contributed by atoms with Gasteiger partial charge in [0.1, 0.15) is 27.6 Å². The van der Waals surface area contributed by atoms with Gasteiger partial charge in [0.15, 0.2) is 0 Å². The number of alkyl halides is 1. The van der Waals surface area contributed by atoms with E-state index >= 15 is 0 Å². The molecule has 0 aliphatic carbocycles. The third-order valence-corrected chi connectivity index (χ3v) is 8.26. The van der Waals surface area contributed by atoms with Crippen LogP contribution in [0.25, 0.3) is 10.8 Å². The Labute approximate surface area is 227 Å². The first-order valence-electron chi connectivity index (χ1n) is 14.3. The summed E-state index contributed by atoms with van der Waals surface area (Å²) in [6.07, 6.45) is 2.41. The normalized spacial score (nSPS) is 22.2. The average molecular weight is 546 g/mol. The quantitative estimate of drug-likeness (QED) is 0.451. The third kappa shape index (κ3) is 5.68. The average Bonchev–Trinajstić information content (AvgIpc) is 2.85. The zero-order valence-corrected chi connectivity index (χ0v) is 22.6. The molecular weight excluding hydrogens is 507 g/mol. The smallest absolute Gasteiger partial charge is 0.227 e. The van der Waals surface area contributed by atoms with Gasteiger partial charge in [-0.1, -0.05) is 19.9 Å². The second-order valence-electron chi connectivity index (χ2n) is 10.6. The van der Waals surface area contributed by atoms with Gasteiger partial charge in [-0.05, 0) is 41.5 Å². The number of nitrogens with zero attached hydrogens (tertiary/aromatic N) is 5. The Morgan fingerprint density at radius 1 is 1.16 bits per heavy atom. The van der Waals surface area contributed by atoms with Gasteiger partial charge in [-0.3, -0.25) is 0 Å². The second kappa shape index (κ2) is 10.6. The molecule has 1 aromatic carbocycles. The molecule has 11 heteroatoms. The summed E-state index contributed by atoms with van der Waals surface area (Å²) in [5.41, 5.74) is 2.20. The van der Waals surface area contributed by atoms with E-state index in [1.807, 2.05) is 12.3 Å². The molecule has 0 radical (unpaired) electrons. The van der Waals surface area contributed by atoms with Crippen LogP contribution in [0, 0.1) is 5.92 Å². The summed E-state index contributed by atoms with van der Waals surface area (Å²) in [7, 11) is -5.66. The van der Waals surface area contributed by atoms with E-state index in [9.17, 15) is 12.8 Å². The Kier molecular flexibility index (Phi) is 6.39. The lowest BCUT2D eigenvalue weighted by atomic mass is 9.93. The fourth-order valence-corrected chi connectivity index (χ4v) is 6.36. The number of fused-ring (bicyclic) bond motifs is 1. The summed E-state index contributed by atoms with van der Waals surface area (Å²) in [5, 5.41) is 5.29. The summed E-state index contributed by atoms with van der Waals surface area (Å²) < 4.78 is 64.7. The van der Waals surface area contributed by atoms with Crippen LogP contribution in [-0.4, -0.2) is 80.9 Å². The zero-order chi connectivity index (χ0) is 29.5. The molecule has 0 bridgehead atoms. The van der Waals surface area contributed by atoms with Crippen LogP contribution in [0.4, 0.5) is 27.7 Å². The molecule has 0 spiro atoms. The van der Waals surface area contributed by atoms with Crippen LogP contribution in [0.3, 0.4) is 0 Å². The van der Waals surface area contributed by atoms with Gasteiger partial charge in [0, 0.05) is 62.3 Å². The summed E-state index contributed by atoms with van der Waals surface area (Å²) in [6.45, 7) is 5.93. The first kappa shape index (κ1) is 22.9. The minimum atomic E-state index is -3.01. The van der Waals surface area contributed by atoms with Crippen molar-refractivity contribution in [3.63, 3.8) is 0 Å². The van der Waals surface area contributed by atoms with Crippen molar-refractivity contribution in [1.82, 2.24) is 15.0 Å². The maximum atomic E-state index is 14.7. The maximum Gasteiger partial charge on any atom is 0.227 e. The fraction of sp³-hybridized carbons (Fsp3) is 0.519. The Bertz CT molecular complexity index is 1520. The standard InChI is InChI=1S/C27H35FN6O3S/c1-17(2)19-5-6-23(34-13-18(14-34)16-38(4,35)36)21-12-30-26(11-20(19)21)31-25-7-9-29-27(32-25)33-10-8-24(37-3)22(28)15-33/h5-7,9,11-12,17-18,22,24H,8,10,13-16H2,1-4H3,(H,29,30,31,32)/t22-,24+/m0/s1/i3D3. The number of aromatic nitrogens is 3. The van der Waals surface area contributed by atoms with Crippen molar-refractivity contribution in [1.29, 1.82) is 0 Å². The Hall–Kier alpha value is -3.05.